The standard InChI is InChI=1S/C10H16N2O4/c1-6(5-13)3-8(14)12-4-7(2)9(15)11-10(12)16/h4,6,8,13-14H,3,5H2,1-2H3,(H,11,15,16). The van der Waals surface area contributed by atoms with Crippen LogP contribution in [-0.2, 0) is 0 Å². The SMILES string of the molecule is Cc1cn(C(O)CC(C)CO)c(=O)[nH]c1=O. The molecule has 0 amide bonds. The number of nitrogens with one attached hydrogen (secondary N) is 1. The molecule has 0 aromatic carbocycles. The van der Waals surface area contributed by atoms with E-state index >= 15 is 0 Å². The van der Waals surface area contributed by atoms with E-state index in [1.807, 2.05) is 0 Å². The van der Waals surface area contributed by atoms with Gasteiger partial charge >= 0.3 is 5.69 Å². The monoisotopic (exact) mass is 228 g/mol. The Morgan fingerprint density at radius 3 is 2.69 bits per heavy atom. The first-order valence-electron chi connectivity index (χ1n) is 5.06. The number of aliphatic hydroxyl groups is 2. The van der Waals surface area contributed by atoms with Crippen molar-refractivity contribution in [1.82, 2.24) is 9.55 Å². The van der Waals surface area contributed by atoms with Gasteiger partial charge in [0.15, 0.2) is 0 Å². The normalized spacial score (nSPS) is 14.8. The number of nitrogens with zero attached hydrogens (tertiary/aromatic N) is 1. The van der Waals surface area contributed by atoms with Crippen LogP contribution in [-0.4, -0.2) is 26.4 Å². The molecule has 0 spiro atoms. The van der Waals surface area contributed by atoms with E-state index in [4.69, 9.17) is 5.11 Å². The van der Waals surface area contributed by atoms with Crippen LogP contribution in [0.15, 0.2) is 15.8 Å². The molecule has 2 unspecified atom stereocenters. The van der Waals surface area contributed by atoms with Gasteiger partial charge in [-0.3, -0.25) is 14.3 Å². The summed E-state index contributed by atoms with van der Waals surface area (Å²) < 4.78 is 1.06. The summed E-state index contributed by atoms with van der Waals surface area (Å²) in [4.78, 5) is 24.6. The maximum Gasteiger partial charge on any atom is 0.330 e. The molecule has 2 atom stereocenters. The summed E-state index contributed by atoms with van der Waals surface area (Å²) in [5, 5.41) is 18.6. The topological polar surface area (TPSA) is 95.3 Å². The zero-order valence-corrected chi connectivity index (χ0v) is 9.30. The van der Waals surface area contributed by atoms with E-state index in [0.29, 0.717) is 5.56 Å². The summed E-state index contributed by atoms with van der Waals surface area (Å²) in [6.45, 7) is 3.25. The second-order valence-corrected chi connectivity index (χ2v) is 3.98. The Morgan fingerprint density at radius 1 is 1.50 bits per heavy atom. The van der Waals surface area contributed by atoms with Crippen LogP contribution in [0, 0.1) is 12.8 Å². The van der Waals surface area contributed by atoms with Gasteiger partial charge in [-0.05, 0) is 19.3 Å². The number of aryl methyl sites for hydroxylation is 1. The molecule has 1 aromatic heterocycles. The first-order chi connectivity index (χ1) is 7.45. The number of rotatable bonds is 4. The lowest BCUT2D eigenvalue weighted by molar-refractivity contribution is 0.0606. The van der Waals surface area contributed by atoms with Gasteiger partial charge in [0.25, 0.3) is 5.56 Å². The fourth-order valence-corrected chi connectivity index (χ4v) is 1.36. The van der Waals surface area contributed by atoms with Crippen LogP contribution < -0.4 is 11.2 Å². The second kappa shape index (κ2) is 5.09. The maximum absolute atomic E-state index is 11.4. The Hall–Kier alpha value is -1.40. The van der Waals surface area contributed by atoms with Crippen LogP contribution in [0.3, 0.4) is 0 Å². The number of hydrogen-bond donors (Lipinski definition) is 3. The number of aliphatic hydroxyl groups excluding tert-OH is 2. The van der Waals surface area contributed by atoms with Crippen molar-refractivity contribution in [1.29, 1.82) is 0 Å². The zero-order chi connectivity index (χ0) is 12.3. The molecule has 0 aliphatic carbocycles. The lowest BCUT2D eigenvalue weighted by Crippen LogP contribution is -2.34. The molecule has 1 aromatic rings. The van der Waals surface area contributed by atoms with E-state index in [-0.39, 0.29) is 18.9 Å². The lowest BCUT2D eigenvalue weighted by atomic mass is 10.1. The molecule has 0 radical (unpaired) electrons. The third-order valence-corrected chi connectivity index (χ3v) is 2.39. The van der Waals surface area contributed by atoms with Crippen LogP contribution in [0.5, 0.6) is 0 Å². The van der Waals surface area contributed by atoms with Gasteiger partial charge in [-0.2, -0.15) is 0 Å². The highest BCUT2D eigenvalue weighted by Crippen LogP contribution is 2.12. The zero-order valence-electron chi connectivity index (χ0n) is 9.30. The van der Waals surface area contributed by atoms with Gasteiger partial charge in [-0.25, -0.2) is 4.79 Å². The van der Waals surface area contributed by atoms with Crippen LogP contribution in [0.25, 0.3) is 0 Å². The van der Waals surface area contributed by atoms with E-state index in [1.54, 1.807) is 13.8 Å². The highest BCUT2D eigenvalue weighted by molar-refractivity contribution is 5.01. The van der Waals surface area contributed by atoms with Crippen LogP contribution in [0.2, 0.25) is 0 Å². The second-order valence-electron chi connectivity index (χ2n) is 3.98. The predicted octanol–water partition coefficient (Wildman–Crippen LogP) is -0.646. The molecule has 90 valence electrons. The van der Waals surface area contributed by atoms with Gasteiger partial charge in [0, 0.05) is 18.4 Å². The summed E-state index contributed by atoms with van der Waals surface area (Å²) in [5.74, 6) is -0.117. The van der Waals surface area contributed by atoms with Crippen molar-refractivity contribution < 1.29 is 10.2 Å². The van der Waals surface area contributed by atoms with Crippen molar-refractivity contribution in [3.05, 3.63) is 32.6 Å². The van der Waals surface area contributed by atoms with Gasteiger partial charge in [0.2, 0.25) is 0 Å². The minimum absolute atomic E-state index is 0.0614. The lowest BCUT2D eigenvalue weighted by Gasteiger charge is -2.16. The molecule has 16 heavy (non-hydrogen) atoms. The van der Waals surface area contributed by atoms with Gasteiger partial charge in [-0.15, -0.1) is 0 Å². The molecule has 6 heteroatoms. The Balaban J connectivity index is 3.00. The van der Waals surface area contributed by atoms with E-state index in [9.17, 15) is 14.7 Å². The first-order valence-corrected chi connectivity index (χ1v) is 5.06. The first kappa shape index (κ1) is 12.7. The number of H-pyrrole nitrogens is 1. The van der Waals surface area contributed by atoms with E-state index in [2.05, 4.69) is 4.98 Å². The summed E-state index contributed by atoms with van der Waals surface area (Å²) in [7, 11) is 0. The molecule has 6 nitrogen and oxygen atoms in total. The van der Waals surface area contributed by atoms with Gasteiger partial charge in [0.1, 0.15) is 6.23 Å². The molecular formula is C10H16N2O4. The molecule has 0 aliphatic rings. The van der Waals surface area contributed by atoms with Crippen LogP contribution in [0.1, 0.15) is 25.1 Å². The highest BCUT2D eigenvalue weighted by atomic mass is 16.3. The smallest absolute Gasteiger partial charge is 0.330 e. The van der Waals surface area contributed by atoms with Crippen LogP contribution >= 0.6 is 0 Å². The maximum atomic E-state index is 11.4. The summed E-state index contributed by atoms with van der Waals surface area (Å²) in [6, 6.07) is 0. The number of aromatic nitrogens is 2. The van der Waals surface area contributed by atoms with Crippen LogP contribution in [0.4, 0.5) is 0 Å². The molecule has 0 saturated heterocycles. The summed E-state index contributed by atoms with van der Waals surface area (Å²) in [6.07, 6.45) is 0.530. The largest absolute Gasteiger partial charge is 0.396 e. The Morgan fingerprint density at radius 2 is 2.12 bits per heavy atom. The molecule has 0 fully saturated rings. The van der Waals surface area contributed by atoms with Crippen molar-refractivity contribution >= 4 is 0 Å². The van der Waals surface area contributed by atoms with Crippen molar-refractivity contribution in [2.45, 2.75) is 26.5 Å². The van der Waals surface area contributed by atoms with Crippen molar-refractivity contribution in [3.63, 3.8) is 0 Å². The Kier molecular flexibility index (Phi) is 4.03. The predicted molar refractivity (Wildman–Crippen MR) is 58.2 cm³/mol. The van der Waals surface area contributed by atoms with Gasteiger partial charge in [-0.1, -0.05) is 6.92 Å². The molecule has 1 rings (SSSR count). The quantitative estimate of drug-likeness (QED) is 0.638. The number of hydrogen-bond acceptors (Lipinski definition) is 4. The van der Waals surface area contributed by atoms with Gasteiger partial charge in [0.05, 0.1) is 0 Å². The Labute approximate surface area is 92.2 Å². The fourth-order valence-electron chi connectivity index (χ4n) is 1.36. The van der Waals surface area contributed by atoms with Crippen molar-refractivity contribution in [3.8, 4) is 0 Å². The minimum Gasteiger partial charge on any atom is -0.396 e. The Bertz CT molecular complexity index is 463. The van der Waals surface area contributed by atoms with Crippen molar-refractivity contribution in [2.75, 3.05) is 6.61 Å². The highest BCUT2D eigenvalue weighted by Gasteiger charge is 2.13. The fraction of sp³-hybridized carbons (Fsp3) is 0.600. The van der Waals surface area contributed by atoms with Crippen molar-refractivity contribution in [2.24, 2.45) is 5.92 Å². The molecule has 0 aliphatic heterocycles. The third kappa shape index (κ3) is 2.80. The number of aromatic amines is 1. The van der Waals surface area contributed by atoms with E-state index in [1.165, 1.54) is 6.20 Å². The third-order valence-electron chi connectivity index (χ3n) is 2.39. The molecule has 0 bridgehead atoms. The minimum atomic E-state index is -1.04. The molecule has 3 N–H and O–H groups in total. The molecular weight excluding hydrogens is 212 g/mol. The average Bonchev–Trinajstić information content (AvgIpc) is 2.23. The van der Waals surface area contributed by atoms with E-state index < -0.39 is 17.5 Å². The average molecular weight is 228 g/mol. The van der Waals surface area contributed by atoms with Gasteiger partial charge < -0.3 is 10.2 Å². The molecule has 0 saturated carbocycles. The summed E-state index contributed by atoms with van der Waals surface area (Å²) in [5.41, 5.74) is -0.743. The molecule has 1 heterocycles. The van der Waals surface area contributed by atoms with E-state index in [0.717, 1.165) is 4.57 Å². The summed E-state index contributed by atoms with van der Waals surface area (Å²) >= 11 is 0.